The van der Waals surface area contributed by atoms with Crippen LogP contribution in [0.1, 0.15) is 13.3 Å². The minimum Gasteiger partial charge on any atom is -0.299 e. The number of nitrogens with zero attached hydrogens (tertiary/aromatic N) is 1. The first-order chi connectivity index (χ1) is 11.4. The number of rotatable bonds is 5. The van der Waals surface area contributed by atoms with Crippen LogP contribution in [0.2, 0.25) is 0 Å². The number of aromatic nitrogens is 1. The van der Waals surface area contributed by atoms with Crippen molar-refractivity contribution in [1.82, 2.24) is 4.57 Å². The number of thiazole rings is 1. The lowest BCUT2D eigenvalue weighted by atomic mass is 10.3. The molecule has 1 heterocycles. The van der Waals surface area contributed by atoms with Gasteiger partial charge in [0, 0.05) is 16.7 Å². The van der Waals surface area contributed by atoms with E-state index in [1.165, 1.54) is 6.07 Å². The molecule has 0 spiro atoms. The van der Waals surface area contributed by atoms with E-state index in [2.05, 4.69) is 20.7 Å². The molecule has 24 heavy (non-hydrogen) atoms. The summed E-state index contributed by atoms with van der Waals surface area (Å²) in [5.41, 5.74) is 1.25. The first kappa shape index (κ1) is 17.2. The standard InChI is InChI=1S/C16H15BrN2O3S2/c1-2-9-19-14-8-7-13(10-15(14)23-16(19)20)24(21,22)18-12-5-3-11(17)4-6-12/h3-8,10,18H,2,9H2,1H3. The van der Waals surface area contributed by atoms with Crippen molar-refractivity contribution in [2.24, 2.45) is 0 Å². The third kappa shape index (κ3) is 3.40. The molecule has 0 radical (unpaired) electrons. The molecule has 0 aliphatic heterocycles. The van der Waals surface area contributed by atoms with E-state index in [9.17, 15) is 13.2 Å². The molecule has 0 unspecified atom stereocenters. The van der Waals surface area contributed by atoms with Crippen LogP contribution in [0.3, 0.4) is 0 Å². The third-order valence-corrected chi connectivity index (χ3v) is 6.34. The van der Waals surface area contributed by atoms with Crippen molar-refractivity contribution in [3.63, 3.8) is 0 Å². The Morgan fingerprint density at radius 1 is 1.17 bits per heavy atom. The lowest BCUT2D eigenvalue weighted by Crippen LogP contribution is -2.13. The largest absolute Gasteiger partial charge is 0.308 e. The highest BCUT2D eigenvalue weighted by Crippen LogP contribution is 2.24. The average Bonchev–Trinajstić information content (AvgIpc) is 2.85. The normalized spacial score (nSPS) is 11.8. The van der Waals surface area contributed by atoms with E-state index >= 15 is 0 Å². The Balaban J connectivity index is 1.99. The smallest absolute Gasteiger partial charge is 0.299 e. The highest BCUT2D eigenvalue weighted by Gasteiger charge is 2.17. The van der Waals surface area contributed by atoms with Gasteiger partial charge < -0.3 is 0 Å². The first-order valence-electron chi connectivity index (χ1n) is 7.32. The Bertz CT molecular complexity index is 1040. The fraction of sp³-hybridized carbons (Fsp3) is 0.188. The summed E-state index contributed by atoms with van der Waals surface area (Å²) in [5, 5.41) is 0. The number of aryl methyl sites for hydroxylation is 1. The van der Waals surface area contributed by atoms with Gasteiger partial charge in [0.2, 0.25) is 0 Å². The number of hydrogen-bond acceptors (Lipinski definition) is 4. The first-order valence-corrected chi connectivity index (χ1v) is 10.4. The van der Waals surface area contributed by atoms with Crippen LogP contribution in [0.5, 0.6) is 0 Å². The van der Waals surface area contributed by atoms with E-state index in [4.69, 9.17) is 0 Å². The minimum atomic E-state index is -3.70. The summed E-state index contributed by atoms with van der Waals surface area (Å²) in [5.74, 6) is 0. The van der Waals surface area contributed by atoms with E-state index in [0.29, 0.717) is 16.9 Å². The lowest BCUT2D eigenvalue weighted by Gasteiger charge is -2.08. The molecule has 0 atom stereocenters. The Labute approximate surface area is 152 Å². The van der Waals surface area contributed by atoms with Gasteiger partial charge in [-0.25, -0.2) is 8.42 Å². The highest BCUT2D eigenvalue weighted by molar-refractivity contribution is 9.10. The molecule has 0 aliphatic rings. The van der Waals surface area contributed by atoms with E-state index in [0.717, 1.165) is 27.7 Å². The zero-order valence-corrected chi connectivity index (χ0v) is 16.0. The Kier molecular flexibility index (Phi) is 4.80. The van der Waals surface area contributed by atoms with E-state index < -0.39 is 10.0 Å². The van der Waals surface area contributed by atoms with Crippen LogP contribution in [0.4, 0.5) is 5.69 Å². The molecule has 0 amide bonds. The second-order valence-corrected chi connectivity index (χ2v) is 8.85. The van der Waals surface area contributed by atoms with Crippen LogP contribution >= 0.6 is 27.3 Å². The van der Waals surface area contributed by atoms with Gasteiger partial charge >= 0.3 is 4.87 Å². The molecule has 0 saturated carbocycles. The average molecular weight is 427 g/mol. The SMILES string of the molecule is CCCn1c(=O)sc2cc(S(=O)(=O)Nc3ccc(Br)cc3)ccc21. The molecule has 3 aromatic rings. The van der Waals surface area contributed by atoms with Crippen molar-refractivity contribution in [2.45, 2.75) is 24.8 Å². The molecular formula is C16H15BrN2O3S2. The van der Waals surface area contributed by atoms with Crippen LogP contribution in [0.25, 0.3) is 10.2 Å². The van der Waals surface area contributed by atoms with Gasteiger partial charge in [-0.15, -0.1) is 0 Å². The number of anilines is 1. The maximum atomic E-state index is 12.5. The Morgan fingerprint density at radius 2 is 1.88 bits per heavy atom. The number of sulfonamides is 1. The second-order valence-electron chi connectivity index (χ2n) is 5.26. The van der Waals surface area contributed by atoms with Gasteiger partial charge in [-0.3, -0.25) is 14.1 Å². The predicted octanol–water partition coefficient (Wildman–Crippen LogP) is 4.04. The summed E-state index contributed by atoms with van der Waals surface area (Å²) in [6, 6.07) is 11.7. The molecule has 2 aromatic carbocycles. The van der Waals surface area contributed by atoms with E-state index in [-0.39, 0.29) is 9.77 Å². The van der Waals surface area contributed by atoms with Crippen LogP contribution in [0.15, 0.2) is 56.6 Å². The van der Waals surface area contributed by atoms with Gasteiger partial charge in [-0.2, -0.15) is 0 Å². The molecule has 0 saturated heterocycles. The Hall–Kier alpha value is -1.64. The molecule has 1 aromatic heterocycles. The molecule has 0 fully saturated rings. The number of hydrogen-bond donors (Lipinski definition) is 1. The monoisotopic (exact) mass is 426 g/mol. The van der Waals surface area contributed by atoms with Gasteiger partial charge in [0.05, 0.1) is 15.1 Å². The summed E-state index contributed by atoms with van der Waals surface area (Å²) in [6.45, 7) is 2.62. The van der Waals surface area contributed by atoms with Gasteiger partial charge in [0.15, 0.2) is 0 Å². The maximum Gasteiger partial charge on any atom is 0.308 e. The third-order valence-electron chi connectivity index (χ3n) is 3.49. The molecule has 3 rings (SSSR count). The van der Waals surface area contributed by atoms with Crippen LogP contribution in [-0.2, 0) is 16.6 Å². The summed E-state index contributed by atoms with van der Waals surface area (Å²) in [6.07, 6.45) is 0.844. The van der Waals surface area contributed by atoms with Gasteiger partial charge in [0.25, 0.3) is 10.0 Å². The zero-order valence-electron chi connectivity index (χ0n) is 12.8. The van der Waals surface area contributed by atoms with Crippen molar-refractivity contribution in [1.29, 1.82) is 0 Å². The highest BCUT2D eigenvalue weighted by atomic mass is 79.9. The van der Waals surface area contributed by atoms with Crippen molar-refractivity contribution >= 4 is 53.2 Å². The van der Waals surface area contributed by atoms with Crippen molar-refractivity contribution in [3.05, 3.63) is 56.6 Å². The zero-order chi connectivity index (χ0) is 17.3. The Morgan fingerprint density at radius 3 is 2.54 bits per heavy atom. The van der Waals surface area contributed by atoms with Gasteiger partial charge in [-0.1, -0.05) is 34.2 Å². The molecular weight excluding hydrogens is 412 g/mol. The predicted molar refractivity (Wildman–Crippen MR) is 101 cm³/mol. The fourth-order valence-electron chi connectivity index (χ4n) is 2.38. The van der Waals surface area contributed by atoms with Crippen LogP contribution in [-0.4, -0.2) is 13.0 Å². The fourth-order valence-corrected chi connectivity index (χ4v) is 4.76. The molecule has 8 heteroatoms. The number of halogens is 1. The van der Waals surface area contributed by atoms with E-state index in [1.54, 1.807) is 41.0 Å². The number of benzene rings is 2. The summed E-state index contributed by atoms with van der Waals surface area (Å²) >= 11 is 4.38. The summed E-state index contributed by atoms with van der Waals surface area (Å²) in [7, 11) is -3.70. The lowest BCUT2D eigenvalue weighted by molar-refractivity contribution is 0.601. The minimum absolute atomic E-state index is 0.0673. The molecule has 5 nitrogen and oxygen atoms in total. The molecule has 126 valence electrons. The van der Waals surface area contributed by atoms with Gasteiger partial charge in [0.1, 0.15) is 0 Å². The number of nitrogens with one attached hydrogen (secondary N) is 1. The van der Waals surface area contributed by atoms with Crippen molar-refractivity contribution in [3.8, 4) is 0 Å². The number of fused-ring (bicyclic) bond motifs is 1. The quantitative estimate of drug-likeness (QED) is 0.669. The van der Waals surface area contributed by atoms with Crippen molar-refractivity contribution < 1.29 is 8.42 Å². The summed E-state index contributed by atoms with van der Waals surface area (Å²) < 4.78 is 30.9. The molecule has 1 N–H and O–H groups in total. The van der Waals surface area contributed by atoms with E-state index in [1.807, 2.05) is 6.92 Å². The molecule has 0 aliphatic carbocycles. The van der Waals surface area contributed by atoms with Crippen LogP contribution in [0, 0.1) is 0 Å². The van der Waals surface area contributed by atoms with Crippen LogP contribution < -0.4 is 9.60 Å². The van der Waals surface area contributed by atoms with Crippen molar-refractivity contribution in [2.75, 3.05) is 4.72 Å². The molecule has 0 bridgehead atoms. The maximum absolute atomic E-state index is 12.5. The second kappa shape index (κ2) is 6.70. The topological polar surface area (TPSA) is 68.2 Å². The van der Waals surface area contributed by atoms with Gasteiger partial charge in [-0.05, 0) is 48.9 Å². The summed E-state index contributed by atoms with van der Waals surface area (Å²) in [4.78, 5) is 12.1.